The fourth-order valence-corrected chi connectivity index (χ4v) is 3.98. The number of aromatic nitrogens is 5. The summed E-state index contributed by atoms with van der Waals surface area (Å²) in [7, 11) is 0. The SMILES string of the molecule is Nc1nc(-c2ccc(F)cc2)c(-c2ccc(=O)n(CCO)c2)c2nc(Cc3c(F)cccc3F)nn12. The van der Waals surface area contributed by atoms with Crippen LogP contribution >= 0.6 is 0 Å². The number of nitrogens with two attached hydrogens (primary N) is 1. The lowest BCUT2D eigenvalue weighted by Crippen LogP contribution is -2.20. The first kappa shape index (κ1) is 23.2. The molecule has 5 aromatic rings. The molecule has 0 saturated carbocycles. The molecule has 0 atom stereocenters. The second-order valence-electron chi connectivity index (χ2n) is 8.01. The predicted octanol–water partition coefficient (Wildman–Crippen LogP) is 3.20. The summed E-state index contributed by atoms with van der Waals surface area (Å²) in [6, 6.07) is 12.0. The lowest BCUT2D eigenvalue weighted by atomic mass is 10.0. The minimum absolute atomic E-state index is 0.0514. The smallest absolute Gasteiger partial charge is 0.250 e. The number of halogens is 3. The third kappa shape index (κ3) is 4.20. The van der Waals surface area contributed by atoms with Crippen molar-refractivity contribution in [1.29, 1.82) is 0 Å². The van der Waals surface area contributed by atoms with Crippen molar-refractivity contribution < 1.29 is 18.3 Å². The molecule has 0 amide bonds. The fraction of sp³-hybridized carbons (Fsp3) is 0.120. The molecule has 5 rings (SSSR count). The Labute approximate surface area is 202 Å². The highest BCUT2D eigenvalue weighted by atomic mass is 19.1. The quantitative estimate of drug-likeness (QED) is 0.377. The normalized spacial score (nSPS) is 11.3. The first-order valence-electron chi connectivity index (χ1n) is 10.9. The van der Waals surface area contributed by atoms with Crippen LogP contribution in [-0.2, 0) is 13.0 Å². The Morgan fingerprint density at radius 3 is 2.31 bits per heavy atom. The summed E-state index contributed by atoms with van der Waals surface area (Å²) in [6.45, 7) is -0.200. The zero-order valence-corrected chi connectivity index (χ0v) is 18.7. The van der Waals surface area contributed by atoms with Crippen LogP contribution in [0.4, 0.5) is 19.1 Å². The van der Waals surface area contributed by atoms with E-state index < -0.39 is 17.5 Å². The number of hydrogen-bond acceptors (Lipinski definition) is 6. The fourth-order valence-electron chi connectivity index (χ4n) is 3.98. The lowest BCUT2D eigenvalue weighted by Gasteiger charge is -2.13. The summed E-state index contributed by atoms with van der Waals surface area (Å²) in [5, 5.41) is 13.7. The zero-order valence-electron chi connectivity index (χ0n) is 18.7. The van der Waals surface area contributed by atoms with Crippen LogP contribution < -0.4 is 11.3 Å². The molecule has 8 nitrogen and oxygen atoms in total. The number of benzene rings is 2. The number of hydrogen-bond donors (Lipinski definition) is 2. The number of fused-ring (bicyclic) bond motifs is 1. The van der Waals surface area contributed by atoms with Crippen LogP contribution in [0.2, 0.25) is 0 Å². The second kappa shape index (κ2) is 9.27. The van der Waals surface area contributed by atoms with Crippen molar-refractivity contribution in [3.05, 3.63) is 100.0 Å². The minimum atomic E-state index is -0.733. The van der Waals surface area contributed by atoms with Crippen molar-refractivity contribution in [2.24, 2.45) is 0 Å². The number of aliphatic hydroxyl groups is 1. The number of anilines is 1. The summed E-state index contributed by atoms with van der Waals surface area (Å²) in [4.78, 5) is 21.2. The molecule has 3 aromatic heterocycles. The molecule has 0 aliphatic heterocycles. The molecule has 3 N–H and O–H groups in total. The van der Waals surface area contributed by atoms with E-state index in [2.05, 4.69) is 15.1 Å². The summed E-state index contributed by atoms with van der Waals surface area (Å²) in [6.07, 6.45) is 1.29. The van der Waals surface area contributed by atoms with Crippen molar-refractivity contribution in [3.63, 3.8) is 0 Å². The molecule has 0 bridgehead atoms. The van der Waals surface area contributed by atoms with Crippen molar-refractivity contribution >= 4 is 11.6 Å². The molecular weight excluding hydrogens is 473 g/mol. The molecule has 0 saturated heterocycles. The Morgan fingerprint density at radius 2 is 1.61 bits per heavy atom. The van der Waals surface area contributed by atoms with Gasteiger partial charge in [0.25, 0.3) is 5.56 Å². The van der Waals surface area contributed by atoms with Gasteiger partial charge in [0.15, 0.2) is 11.5 Å². The van der Waals surface area contributed by atoms with E-state index in [4.69, 9.17) is 5.73 Å². The first-order valence-corrected chi connectivity index (χ1v) is 10.9. The van der Waals surface area contributed by atoms with Crippen LogP contribution in [0.15, 0.2) is 65.6 Å². The summed E-state index contributed by atoms with van der Waals surface area (Å²) < 4.78 is 44.7. The molecule has 3 heterocycles. The van der Waals surface area contributed by atoms with E-state index in [1.807, 2.05) is 0 Å². The Bertz CT molecular complexity index is 1630. The highest BCUT2D eigenvalue weighted by Crippen LogP contribution is 2.34. The number of nitrogen functional groups attached to an aromatic ring is 1. The summed E-state index contributed by atoms with van der Waals surface area (Å²) in [5.41, 5.74) is 7.64. The maximum atomic E-state index is 14.3. The number of rotatable bonds is 6. The average Bonchev–Trinajstić information content (AvgIpc) is 3.28. The van der Waals surface area contributed by atoms with Gasteiger partial charge in [0, 0.05) is 41.9 Å². The van der Waals surface area contributed by atoms with Gasteiger partial charge >= 0.3 is 0 Å². The molecule has 0 aliphatic carbocycles. The third-order valence-electron chi connectivity index (χ3n) is 5.68. The van der Waals surface area contributed by atoms with Crippen LogP contribution in [0.25, 0.3) is 28.0 Å². The van der Waals surface area contributed by atoms with Gasteiger partial charge in [-0.2, -0.15) is 4.52 Å². The van der Waals surface area contributed by atoms with Gasteiger partial charge in [-0.15, -0.1) is 5.10 Å². The Kier molecular flexibility index (Phi) is 5.98. The highest BCUT2D eigenvalue weighted by molar-refractivity contribution is 5.90. The van der Waals surface area contributed by atoms with E-state index in [0.717, 1.165) is 12.1 Å². The Morgan fingerprint density at radius 1 is 0.917 bits per heavy atom. The van der Waals surface area contributed by atoms with Crippen molar-refractivity contribution in [2.45, 2.75) is 13.0 Å². The van der Waals surface area contributed by atoms with E-state index in [1.54, 1.807) is 6.07 Å². The largest absolute Gasteiger partial charge is 0.395 e. The van der Waals surface area contributed by atoms with E-state index in [0.29, 0.717) is 22.4 Å². The second-order valence-corrected chi connectivity index (χ2v) is 8.01. The van der Waals surface area contributed by atoms with E-state index in [1.165, 1.54) is 51.7 Å². The van der Waals surface area contributed by atoms with Crippen LogP contribution in [-0.4, -0.2) is 35.9 Å². The van der Waals surface area contributed by atoms with E-state index >= 15 is 0 Å². The Balaban J connectivity index is 1.77. The van der Waals surface area contributed by atoms with Gasteiger partial charge in [0.05, 0.1) is 17.9 Å². The monoisotopic (exact) mass is 492 g/mol. The van der Waals surface area contributed by atoms with Gasteiger partial charge < -0.3 is 15.4 Å². The molecule has 0 spiro atoms. The van der Waals surface area contributed by atoms with Gasteiger partial charge in [-0.05, 0) is 42.5 Å². The lowest BCUT2D eigenvalue weighted by molar-refractivity contribution is 0.274. The third-order valence-corrected chi connectivity index (χ3v) is 5.68. The molecule has 11 heteroatoms. The molecule has 0 fully saturated rings. The highest BCUT2D eigenvalue weighted by Gasteiger charge is 2.22. The van der Waals surface area contributed by atoms with Crippen LogP contribution in [0.5, 0.6) is 0 Å². The molecule has 0 unspecified atom stereocenters. The summed E-state index contributed by atoms with van der Waals surface area (Å²) in [5.74, 6) is -1.87. The van der Waals surface area contributed by atoms with Gasteiger partial charge in [-0.25, -0.2) is 23.1 Å². The molecule has 2 aromatic carbocycles. The molecule has 182 valence electrons. The van der Waals surface area contributed by atoms with Crippen molar-refractivity contribution in [3.8, 4) is 22.4 Å². The van der Waals surface area contributed by atoms with E-state index in [9.17, 15) is 23.1 Å². The van der Waals surface area contributed by atoms with E-state index in [-0.39, 0.29) is 48.1 Å². The standard InChI is InChI=1S/C25H19F3N6O2/c26-16-7-4-14(5-8-16)23-22(15-6-9-21(36)33(13-15)10-11-35)24-30-20(32-34(24)25(29)31-23)12-17-18(27)2-1-3-19(17)28/h1-9,13,35H,10-12H2,(H2,29,31). The minimum Gasteiger partial charge on any atom is -0.395 e. The zero-order chi connectivity index (χ0) is 25.4. The average molecular weight is 492 g/mol. The predicted molar refractivity (Wildman–Crippen MR) is 127 cm³/mol. The first-order chi connectivity index (χ1) is 17.4. The maximum Gasteiger partial charge on any atom is 0.250 e. The number of nitrogens with zero attached hydrogens (tertiary/aromatic N) is 5. The topological polar surface area (TPSA) is 111 Å². The molecule has 36 heavy (non-hydrogen) atoms. The van der Waals surface area contributed by atoms with Gasteiger partial charge in [0.2, 0.25) is 5.95 Å². The molecule has 0 radical (unpaired) electrons. The van der Waals surface area contributed by atoms with Crippen LogP contribution in [0, 0.1) is 17.5 Å². The van der Waals surface area contributed by atoms with Crippen LogP contribution in [0.3, 0.4) is 0 Å². The number of aliphatic hydroxyl groups excluding tert-OH is 1. The Hall–Kier alpha value is -4.51. The molecular formula is C25H19F3N6O2. The van der Waals surface area contributed by atoms with Gasteiger partial charge in [0.1, 0.15) is 17.5 Å². The summed E-state index contributed by atoms with van der Waals surface area (Å²) >= 11 is 0. The molecule has 0 aliphatic rings. The van der Waals surface area contributed by atoms with Crippen molar-refractivity contribution in [2.75, 3.05) is 12.3 Å². The maximum absolute atomic E-state index is 14.3. The van der Waals surface area contributed by atoms with Gasteiger partial charge in [-0.3, -0.25) is 4.79 Å². The van der Waals surface area contributed by atoms with Gasteiger partial charge in [-0.1, -0.05) is 6.07 Å². The number of pyridine rings is 1. The van der Waals surface area contributed by atoms with Crippen LogP contribution in [0.1, 0.15) is 11.4 Å². The van der Waals surface area contributed by atoms with Crippen molar-refractivity contribution in [1.82, 2.24) is 24.1 Å².